The third kappa shape index (κ3) is 3.28. The van der Waals surface area contributed by atoms with E-state index < -0.39 is 11.1 Å². The van der Waals surface area contributed by atoms with Gasteiger partial charge >= 0.3 is 0 Å². The molecule has 0 saturated heterocycles. The molecule has 0 bridgehead atoms. The molecule has 0 fully saturated rings. The average Bonchev–Trinajstić information content (AvgIpc) is 3.22. The maximum atomic E-state index is 11.9. The summed E-state index contributed by atoms with van der Waals surface area (Å²) >= 11 is 0. The summed E-state index contributed by atoms with van der Waals surface area (Å²) in [5.41, 5.74) is 11.2. The van der Waals surface area contributed by atoms with E-state index in [9.17, 15) is 9.59 Å². The van der Waals surface area contributed by atoms with Gasteiger partial charge in [-0.05, 0) is 0 Å². The molecule has 28 heavy (non-hydrogen) atoms. The SMILES string of the molecule is Nc1nc2c(ncn2COCCOCn2cnc3nc(N)[nH]c(=O)c32)c(=O)[nH]1. The molecule has 0 spiro atoms. The monoisotopic (exact) mass is 388 g/mol. The van der Waals surface area contributed by atoms with Crippen LogP contribution in [0.4, 0.5) is 11.9 Å². The standard InChI is InChI=1S/C14H16N10O4/c15-13-19-9-8(12(26)22-13)23(4-18-9)5-27-1-2-28-6-24-3-17-7-10(24)20-14(16)21-11(7)25/h3-4H,1-2,5-6H2,(H3,15,19,22,26)(H3,16,20,21,25). The van der Waals surface area contributed by atoms with Gasteiger partial charge in [-0.1, -0.05) is 0 Å². The van der Waals surface area contributed by atoms with E-state index in [1.54, 1.807) is 4.57 Å². The summed E-state index contributed by atoms with van der Waals surface area (Å²) in [6.45, 7) is 0.720. The first-order valence-corrected chi connectivity index (χ1v) is 8.09. The Bertz CT molecular complexity index is 1250. The number of nitrogens with zero attached hydrogens (tertiary/aromatic N) is 6. The number of nitrogens with two attached hydrogens (primary N) is 2. The first-order valence-electron chi connectivity index (χ1n) is 8.09. The molecule has 14 heteroatoms. The van der Waals surface area contributed by atoms with Crippen LogP contribution in [0.25, 0.3) is 22.3 Å². The minimum atomic E-state index is -0.414. The van der Waals surface area contributed by atoms with E-state index in [4.69, 9.17) is 20.9 Å². The zero-order valence-corrected chi connectivity index (χ0v) is 14.5. The molecule has 4 rings (SSSR count). The summed E-state index contributed by atoms with van der Waals surface area (Å²) in [7, 11) is 0. The lowest BCUT2D eigenvalue weighted by atomic mass is 10.5. The van der Waals surface area contributed by atoms with E-state index in [2.05, 4.69) is 29.9 Å². The van der Waals surface area contributed by atoms with Gasteiger partial charge in [0.1, 0.15) is 13.5 Å². The van der Waals surface area contributed by atoms with E-state index in [1.807, 2.05) is 0 Å². The second-order valence-corrected chi connectivity index (χ2v) is 5.75. The zero-order valence-electron chi connectivity index (χ0n) is 14.5. The molecule has 6 N–H and O–H groups in total. The smallest absolute Gasteiger partial charge is 0.280 e. The molecule has 4 aromatic rings. The van der Waals surface area contributed by atoms with Gasteiger partial charge in [-0.2, -0.15) is 9.97 Å². The molecular formula is C14H16N10O4. The number of nitrogen functional groups attached to an aromatic ring is 2. The van der Waals surface area contributed by atoms with Gasteiger partial charge in [0.15, 0.2) is 22.3 Å². The van der Waals surface area contributed by atoms with Crippen LogP contribution in [0.1, 0.15) is 0 Å². The number of H-pyrrole nitrogens is 2. The van der Waals surface area contributed by atoms with Gasteiger partial charge in [-0.3, -0.25) is 24.1 Å². The van der Waals surface area contributed by atoms with Gasteiger partial charge in [0.05, 0.1) is 25.9 Å². The fourth-order valence-electron chi connectivity index (χ4n) is 2.61. The van der Waals surface area contributed by atoms with Crippen LogP contribution in [0, 0.1) is 0 Å². The predicted octanol–water partition coefficient (Wildman–Crippen LogP) is -1.63. The average molecular weight is 388 g/mol. The Morgan fingerprint density at radius 2 is 1.54 bits per heavy atom. The fraction of sp³-hybridized carbons (Fsp3) is 0.286. The Kier molecular flexibility index (Phi) is 4.46. The number of fused-ring (bicyclic) bond motifs is 2. The highest BCUT2D eigenvalue weighted by Crippen LogP contribution is 2.07. The van der Waals surface area contributed by atoms with Crippen molar-refractivity contribution in [2.45, 2.75) is 13.5 Å². The lowest BCUT2D eigenvalue weighted by Crippen LogP contribution is -2.16. The van der Waals surface area contributed by atoms with Crippen molar-refractivity contribution >= 4 is 34.2 Å². The van der Waals surface area contributed by atoms with Crippen LogP contribution in [0.2, 0.25) is 0 Å². The van der Waals surface area contributed by atoms with E-state index in [1.165, 1.54) is 17.2 Å². The summed E-state index contributed by atoms with van der Waals surface area (Å²) in [6, 6.07) is 0. The first-order chi connectivity index (χ1) is 13.5. The minimum Gasteiger partial charge on any atom is -0.369 e. The van der Waals surface area contributed by atoms with Crippen LogP contribution in [-0.4, -0.2) is 52.3 Å². The maximum absolute atomic E-state index is 11.9. The molecule has 146 valence electrons. The zero-order chi connectivity index (χ0) is 19.7. The summed E-state index contributed by atoms with van der Waals surface area (Å²) in [5, 5.41) is 0. The van der Waals surface area contributed by atoms with Crippen LogP contribution in [0.15, 0.2) is 22.2 Å². The molecule has 0 amide bonds. The molecule has 14 nitrogen and oxygen atoms in total. The van der Waals surface area contributed by atoms with Gasteiger partial charge in [-0.15, -0.1) is 0 Å². The Morgan fingerprint density at radius 3 is 2.32 bits per heavy atom. The van der Waals surface area contributed by atoms with Crippen molar-refractivity contribution in [3.8, 4) is 0 Å². The molecule has 0 aliphatic rings. The lowest BCUT2D eigenvalue weighted by molar-refractivity contribution is -0.000223. The molecule has 0 radical (unpaired) electrons. The molecule has 0 aromatic carbocycles. The molecule has 0 aliphatic heterocycles. The second-order valence-electron chi connectivity index (χ2n) is 5.75. The second kappa shape index (κ2) is 7.09. The number of aromatic amines is 2. The van der Waals surface area contributed by atoms with Gasteiger partial charge in [0.2, 0.25) is 11.9 Å². The summed E-state index contributed by atoms with van der Waals surface area (Å²) < 4.78 is 14.1. The highest BCUT2D eigenvalue weighted by atomic mass is 16.5. The van der Waals surface area contributed by atoms with Crippen LogP contribution in [0.3, 0.4) is 0 Å². The number of hydrogen-bond donors (Lipinski definition) is 4. The fourth-order valence-corrected chi connectivity index (χ4v) is 2.61. The largest absolute Gasteiger partial charge is 0.369 e. The Hall–Kier alpha value is -3.78. The van der Waals surface area contributed by atoms with Gasteiger partial charge < -0.3 is 25.5 Å². The highest BCUT2D eigenvalue weighted by molar-refractivity contribution is 5.71. The molecule has 0 atom stereocenters. The molecule has 4 heterocycles. The normalized spacial score (nSPS) is 11.6. The maximum Gasteiger partial charge on any atom is 0.280 e. The van der Waals surface area contributed by atoms with Gasteiger partial charge in [0, 0.05) is 0 Å². The Morgan fingerprint density at radius 1 is 0.893 bits per heavy atom. The number of ether oxygens (including phenoxy) is 2. The van der Waals surface area contributed by atoms with Crippen molar-refractivity contribution in [3.05, 3.63) is 33.4 Å². The number of nitrogens with one attached hydrogen (secondary N) is 2. The van der Waals surface area contributed by atoms with Gasteiger partial charge in [-0.25, -0.2) is 9.97 Å². The summed E-state index contributed by atoms with van der Waals surface area (Å²) in [5.74, 6) is 0.00343. The molecular weight excluding hydrogens is 372 g/mol. The number of anilines is 2. The highest BCUT2D eigenvalue weighted by Gasteiger charge is 2.10. The molecule has 0 unspecified atom stereocenters. The summed E-state index contributed by atoms with van der Waals surface area (Å²) in [4.78, 5) is 44.4. The van der Waals surface area contributed by atoms with Crippen molar-refractivity contribution in [1.29, 1.82) is 0 Å². The van der Waals surface area contributed by atoms with Crippen LogP contribution in [0.5, 0.6) is 0 Å². The topological polar surface area (TPSA) is 198 Å². The summed E-state index contributed by atoms with van der Waals surface area (Å²) in [6.07, 6.45) is 2.88. The third-order valence-electron chi connectivity index (χ3n) is 3.83. The van der Waals surface area contributed by atoms with Crippen molar-refractivity contribution in [2.75, 3.05) is 24.7 Å². The van der Waals surface area contributed by atoms with Crippen LogP contribution in [-0.2, 0) is 22.9 Å². The number of imidazole rings is 2. The van der Waals surface area contributed by atoms with Crippen molar-refractivity contribution in [1.82, 2.24) is 39.0 Å². The van der Waals surface area contributed by atoms with Crippen molar-refractivity contribution < 1.29 is 9.47 Å². The predicted molar refractivity (Wildman–Crippen MR) is 97.0 cm³/mol. The molecule has 4 aromatic heterocycles. The quantitative estimate of drug-likeness (QED) is 0.266. The molecule has 0 aliphatic carbocycles. The van der Waals surface area contributed by atoms with Crippen LogP contribution < -0.4 is 22.6 Å². The van der Waals surface area contributed by atoms with Crippen molar-refractivity contribution in [3.63, 3.8) is 0 Å². The molecule has 0 saturated carbocycles. The third-order valence-corrected chi connectivity index (χ3v) is 3.83. The first kappa shape index (κ1) is 17.6. The minimum absolute atomic E-state index is 0.00127. The Balaban J connectivity index is 1.30. The van der Waals surface area contributed by atoms with E-state index in [-0.39, 0.29) is 55.3 Å². The lowest BCUT2D eigenvalue weighted by Gasteiger charge is -2.08. The van der Waals surface area contributed by atoms with Crippen molar-refractivity contribution in [2.24, 2.45) is 0 Å². The number of aromatic nitrogens is 8. The van der Waals surface area contributed by atoms with E-state index >= 15 is 0 Å². The van der Waals surface area contributed by atoms with Gasteiger partial charge in [0.25, 0.3) is 11.1 Å². The Labute approximate surface area is 155 Å². The van der Waals surface area contributed by atoms with E-state index in [0.29, 0.717) is 5.65 Å². The van der Waals surface area contributed by atoms with Crippen LogP contribution >= 0.6 is 0 Å². The number of rotatable bonds is 7. The number of hydrogen-bond acceptors (Lipinski definition) is 10. The van der Waals surface area contributed by atoms with E-state index in [0.717, 1.165) is 0 Å².